The number of hydrogen-bond donors (Lipinski definition) is 2. The molecule has 0 spiro atoms. The highest BCUT2D eigenvalue weighted by Crippen LogP contribution is 2.26. The molecule has 0 aliphatic heterocycles. The number of rotatable bonds is 5. The van der Waals surface area contributed by atoms with Gasteiger partial charge in [0.15, 0.2) is 0 Å². The van der Waals surface area contributed by atoms with E-state index in [-0.39, 0.29) is 23.3 Å². The van der Waals surface area contributed by atoms with Crippen molar-refractivity contribution in [3.8, 4) is 0 Å². The summed E-state index contributed by atoms with van der Waals surface area (Å²) in [7, 11) is -3.76. The topological polar surface area (TPSA) is 89.3 Å². The fraction of sp³-hybridized carbons (Fsp3) is 0.167. The Labute approximate surface area is 150 Å². The van der Waals surface area contributed by atoms with Gasteiger partial charge in [0.05, 0.1) is 17.4 Å². The maximum absolute atomic E-state index is 12.4. The van der Waals surface area contributed by atoms with Gasteiger partial charge in [-0.25, -0.2) is 13.6 Å². The second-order valence-electron chi connectivity index (χ2n) is 5.84. The zero-order valence-corrected chi connectivity index (χ0v) is 15.2. The average molecular weight is 374 g/mol. The van der Waals surface area contributed by atoms with Crippen LogP contribution in [0.15, 0.2) is 58.8 Å². The van der Waals surface area contributed by atoms with Gasteiger partial charge in [-0.1, -0.05) is 30.3 Å². The van der Waals surface area contributed by atoms with Crippen molar-refractivity contribution in [2.45, 2.75) is 24.3 Å². The first-order chi connectivity index (χ1) is 11.8. The monoisotopic (exact) mass is 374 g/mol. The van der Waals surface area contributed by atoms with E-state index >= 15 is 0 Å². The third-order valence-electron chi connectivity index (χ3n) is 3.98. The standard InChI is InChI=1S/C18H18N2O3S2/c1-12(13-5-4-6-15(9-13)25(19,22)23)20-18(21)10-14-11-24-17-8-3-2-7-16(14)17/h2-9,11-12H,10H2,1H3,(H,20,21)(H2,19,22,23). The van der Waals surface area contributed by atoms with Crippen LogP contribution in [0.2, 0.25) is 0 Å². The molecule has 1 unspecified atom stereocenters. The maximum atomic E-state index is 12.4. The number of carbonyl (C=O) groups excluding carboxylic acids is 1. The van der Waals surface area contributed by atoms with E-state index in [1.807, 2.05) is 36.6 Å². The number of benzene rings is 2. The van der Waals surface area contributed by atoms with E-state index in [4.69, 9.17) is 5.14 Å². The van der Waals surface area contributed by atoms with Gasteiger partial charge in [0, 0.05) is 4.70 Å². The molecule has 0 saturated heterocycles. The highest BCUT2D eigenvalue weighted by molar-refractivity contribution is 7.89. The van der Waals surface area contributed by atoms with Crippen LogP contribution < -0.4 is 10.5 Å². The Morgan fingerprint density at radius 3 is 2.72 bits per heavy atom. The average Bonchev–Trinajstić information content (AvgIpc) is 2.97. The SMILES string of the molecule is CC(NC(=O)Cc1csc2ccccc12)c1cccc(S(N)(=O)=O)c1. The first kappa shape index (κ1) is 17.6. The van der Waals surface area contributed by atoms with E-state index in [2.05, 4.69) is 5.32 Å². The number of nitrogens with one attached hydrogen (secondary N) is 1. The normalized spacial score (nSPS) is 12.9. The molecule has 5 nitrogen and oxygen atoms in total. The van der Waals surface area contributed by atoms with Gasteiger partial charge in [-0.05, 0) is 47.0 Å². The molecule has 0 aliphatic carbocycles. The van der Waals surface area contributed by atoms with E-state index in [1.54, 1.807) is 23.5 Å². The molecule has 0 fully saturated rings. The van der Waals surface area contributed by atoms with Gasteiger partial charge in [-0.3, -0.25) is 4.79 Å². The van der Waals surface area contributed by atoms with Crippen molar-refractivity contribution in [3.05, 3.63) is 65.0 Å². The fourth-order valence-electron chi connectivity index (χ4n) is 2.68. The van der Waals surface area contributed by atoms with Crippen molar-refractivity contribution in [1.82, 2.24) is 5.32 Å². The Morgan fingerprint density at radius 1 is 1.20 bits per heavy atom. The molecule has 0 saturated carbocycles. The van der Waals surface area contributed by atoms with Crippen molar-refractivity contribution in [2.24, 2.45) is 5.14 Å². The second-order valence-corrected chi connectivity index (χ2v) is 8.31. The van der Waals surface area contributed by atoms with Crippen LogP contribution in [0.3, 0.4) is 0 Å². The number of thiophene rings is 1. The lowest BCUT2D eigenvalue weighted by atomic mass is 10.1. The summed E-state index contributed by atoms with van der Waals surface area (Å²) in [6, 6.07) is 13.9. The molecule has 0 radical (unpaired) electrons. The number of sulfonamides is 1. The summed E-state index contributed by atoms with van der Waals surface area (Å²) in [5.74, 6) is -0.114. The number of amides is 1. The van der Waals surface area contributed by atoms with E-state index in [1.165, 1.54) is 12.1 Å². The Kier molecular flexibility index (Phi) is 4.89. The molecule has 1 atom stereocenters. The predicted octanol–water partition coefficient (Wildman–Crippen LogP) is 2.97. The molecule has 0 bridgehead atoms. The summed E-state index contributed by atoms with van der Waals surface area (Å²) < 4.78 is 24.1. The molecular weight excluding hydrogens is 356 g/mol. The van der Waals surface area contributed by atoms with Crippen molar-refractivity contribution >= 4 is 37.4 Å². The summed E-state index contributed by atoms with van der Waals surface area (Å²) in [6.45, 7) is 1.81. The third-order valence-corrected chi connectivity index (χ3v) is 5.90. The molecule has 7 heteroatoms. The van der Waals surface area contributed by atoms with Crippen LogP contribution in [0.25, 0.3) is 10.1 Å². The number of hydrogen-bond acceptors (Lipinski definition) is 4. The zero-order chi connectivity index (χ0) is 18.0. The maximum Gasteiger partial charge on any atom is 0.238 e. The van der Waals surface area contributed by atoms with Gasteiger partial charge in [0.1, 0.15) is 0 Å². The summed E-state index contributed by atoms with van der Waals surface area (Å²) in [5.41, 5.74) is 1.68. The van der Waals surface area contributed by atoms with Crippen molar-refractivity contribution in [1.29, 1.82) is 0 Å². The van der Waals surface area contributed by atoms with Crippen molar-refractivity contribution in [3.63, 3.8) is 0 Å². The molecule has 3 N–H and O–H groups in total. The molecule has 1 amide bonds. The molecule has 1 aromatic heterocycles. The number of primary sulfonamides is 1. The molecule has 0 aliphatic rings. The molecule has 2 aromatic carbocycles. The summed E-state index contributed by atoms with van der Waals surface area (Å²) in [5, 5.41) is 11.2. The van der Waals surface area contributed by atoms with Gasteiger partial charge < -0.3 is 5.32 Å². The number of fused-ring (bicyclic) bond motifs is 1. The van der Waals surface area contributed by atoms with Crippen LogP contribution in [0.5, 0.6) is 0 Å². The Bertz CT molecular complexity index is 1030. The van der Waals surface area contributed by atoms with Crippen LogP contribution >= 0.6 is 11.3 Å². The first-order valence-corrected chi connectivity index (χ1v) is 10.1. The largest absolute Gasteiger partial charge is 0.349 e. The Hall–Kier alpha value is -2.22. The number of nitrogens with two attached hydrogens (primary N) is 1. The summed E-state index contributed by atoms with van der Waals surface area (Å²) in [4.78, 5) is 12.4. The van der Waals surface area contributed by atoms with E-state index < -0.39 is 10.0 Å². The summed E-state index contributed by atoms with van der Waals surface area (Å²) in [6.07, 6.45) is 0.281. The van der Waals surface area contributed by atoms with Gasteiger partial charge >= 0.3 is 0 Å². The smallest absolute Gasteiger partial charge is 0.238 e. The predicted molar refractivity (Wildman–Crippen MR) is 99.9 cm³/mol. The Morgan fingerprint density at radius 2 is 1.96 bits per heavy atom. The third kappa shape index (κ3) is 4.07. The van der Waals surface area contributed by atoms with Crippen LogP contribution in [0.1, 0.15) is 24.1 Å². The van der Waals surface area contributed by atoms with Crippen molar-refractivity contribution < 1.29 is 13.2 Å². The molecule has 3 aromatic rings. The van der Waals surface area contributed by atoms with Crippen LogP contribution in [0, 0.1) is 0 Å². The van der Waals surface area contributed by atoms with Crippen LogP contribution in [0.4, 0.5) is 0 Å². The van der Waals surface area contributed by atoms with E-state index in [0.29, 0.717) is 5.56 Å². The van der Waals surface area contributed by atoms with Gasteiger partial charge in [0.2, 0.25) is 15.9 Å². The Balaban J connectivity index is 1.73. The lowest BCUT2D eigenvalue weighted by Crippen LogP contribution is -2.28. The highest BCUT2D eigenvalue weighted by atomic mass is 32.2. The van der Waals surface area contributed by atoms with Gasteiger partial charge in [-0.2, -0.15) is 0 Å². The highest BCUT2D eigenvalue weighted by Gasteiger charge is 2.15. The van der Waals surface area contributed by atoms with Gasteiger partial charge in [-0.15, -0.1) is 11.3 Å². The minimum absolute atomic E-state index is 0.0370. The van der Waals surface area contributed by atoms with Crippen LogP contribution in [-0.2, 0) is 21.2 Å². The molecular formula is C18H18N2O3S2. The lowest BCUT2D eigenvalue weighted by molar-refractivity contribution is -0.121. The van der Waals surface area contributed by atoms with E-state index in [9.17, 15) is 13.2 Å². The summed E-state index contributed by atoms with van der Waals surface area (Å²) >= 11 is 1.62. The van der Waals surface area contributed by atoms with Gasteiger partial charge in [0.25, 0.3) is 0 Å². The quantitative estimate of drug-likeness (QED) is 0.719. The zero-order valence-electron chi connectivity index (χ0n) is 13.6. The molecule has 130 valence electrons. The molecule has 3 rings (SSSR count). The molecule has 25 heavy (non-hydrogen) atoms. The minimum atomic E-state index is -3.76. The fourth-order valence-corrected chi connectivity index (χ4v) is 4.21. The second kappa shape index (κ2) is 6.95. The van der Waals surface area contributed by atoms with E-state index in [0.717, 1.165) is 15.6 Å². The van der Waals surface area contributed by atoms with Crippen molar-refractivity contribution in [2.75, 3.05) is 0 Å². The van der Waals surface area contributed by atoms with Crippen LogP contribution in [-0.4, -0.2) is 14.3 Å². The lowest BCUT2D eigenvalue weighted by Gasteiger charge is -2.15. The minimum Gasteiger partial charge on any atom is -0.349 e. The first-order valence-electron chi connectivity index (χ1n) is 7.72. The number of carbonyl (C=O) groups is 1. The molecule has 1 heterocycles.